The van der Waals surface area contributed by atoms with Gasteiger partial charge in [0.2, 0.25) is 0 Å². The molecule has 0 saturated carbocycles. The third kappa shape index (κ3) is 2.12. The van der Waals surface area contributed by atoms with Gasteiger partial charge in [-0.05, 0) is 43.7 Å². The average Bonchev–Trinajstić information content (AvgIpc) is 2.40. The summed E-state index contributed by atoms with van der Waals surface area (Å²) in [5.41, 5.74) is 3.95. The molecule has 0 saturated heterocycles. The molecular weight excluding hydrogens is 238 g/mol. The number of nitrogens with zero attached hydrogens (tertiary/aromatic N) is 3. The van der Waals surface area contributed by atoms with Gasteiger partial charge < -0.3 is 0 Å². The molecule has 1 heterocycles. The predicted molar refractivity (Wildman–Crippen MR) is 74.6 cm³/mol. The highest BCUT2D eigenvalue weighted by Gasteiger charge is 2.05. The Kier molecular flexibility index (Phi) is 2.63. The summed E-state index contributed by atoms with van der Waals surface area (Å²) in [7, 11) is 0. The Balaban J connectivity index is 2.26. The number of aryl methyl sites for hydroxylation is 2. The van der Waals surface area contributed by atoms with Crippen LogP contribution in [0.4, 0.5) is 0 Å². The number of hydrogen-bond acceptors (Lipinski definition) is 3. The minimum atomic E-state index is -0.361. The van der Waals surface area contributed by atoms with E-state index in [1.165, 1.54) is 4.68 Å². The Hall–Kier alpha value is -2.49. The van der Waals surface area contributed by atoms with Crippen LogP contribution in [0.15, 0.2) is 47.3 Å². The Morgan fingerprint density at radius 1 is 0.895 bits per heavy atom. The molecule has 0 amide bonds. The van der Waals surface area contributed by atoms with Crippen LogP contribution in [0.2, 0.25) is 0 Å². The number of benzene rings is 2. The molecule has 4 nitrogen and oxygen atoms in total. The van der Waals surface area contributed by atoms with Gasteiger partial charge in [0.25, 0.3) is 0 Å². The highest BCUT2D eigenvalue weighted by molar-refractivity contribution is 5.74. The van der Waals surface area contributed by atoms with Crippen LogP contribution in [-0.4, -0.2) is 14.8 Å². The fraction of sp³-hybridized carbons (Fsp3) is 0.133. The molecule has 0 aliphatic carbocycles. The smallest absolute Gasteiger partial charge is 0.244 e. The molecular formula is C15H13N3O. The molecule has 94 valence electrons. The second-order valence-electron chi connectivity index (χ2n) is 4.63. The van der Waals surface area contributed by atoms with E-state index in [2.05, 4.69) is 10.1 Å². The van der Waals surface area contributed by atoms with Crippen LogP contribution in [0.25, 0.3) is 16.7 Å². The van der Waals surface area contributed by atoms with Crippen LogP contribution >= 0.6 is 0 Å². The minimum absolute atomic E-state index is 0.361. The molecule has 0 aliphatic rings. The van der Waals surface area contributed by atoms with E-state index in [9.17, 15) is 4.79 Å². The Morgan fingerprint density at radius 3 is 2.32 bits per heavy atom. The largest absolute Gasteiger partial charge is 0.369 e. The average molecular weight is 251 g/mol. The second-order valence-corrected chi connectivity index (χ2v) is 4.63. The van der Waals surface area contributed by atoms with E-state index in [0.717, 1.165) is 22.3 Å². The van der Waals surface area contributed by atoms with Gasteiger partial charge in [0, 0.05) is 0 Å². The van der Waals surface area contributed by atoms with Gasteiger partial charge in [0.1, 0.15) is 5.52 Å². The number of rotatable bonds is 1. The molecule has 0 aliphatic heterocycles. The molecule has 0 fully saturated rings. The van der Waals surface area contributed by atoms with Crippen LogP contribution in [0.1, 0.15) is 11.1 Å². The Morgan fingerprint density at radius 2 is 1.58 bits per heavy atom. The van der Waals surface area contributed by atoms with Crippen molar-refractivity contribution in [2.24, 2.45) is 0 Å². The molecule has 0 spiro atoms. The van der Waals surface area contributed by atoms with Gasteiger partial charge in [0.05, 0.1) is 11.2 Å². The van der Waals surface area contributed by atoms with Crippen LogP contribution in [0.5, 0.6) is 0 Å². The molecule has 0 bridgehead atoms. The lowest BCUT2D eigenvalue weighted by Crippen LogP contribution is -2.23. The van der Waals surface area contributed by atoms with Gasteiger partial charge >= 0.3 is 5.69 Å². The van der Waals surface area contributed by atoms with Gasteiger partial charge in [-0.1, -0.05) is 23.8 Å². The van der Waals surface area contributed by atoms with E-state index in [4.69, 9.17) is 0 Å². The summed E-state index contributed by atoms with van der Waals surface area (Å²) >= 11 is 0. The van der Waals surface area contributed by atoms with Crippen molar-refractivity contribution in [2.45, 2.75) is 13.8 Å². The van der Waals surface area contributed by atoms with E-state index >= 15 is 0 Å². The summed E-state index contributed by atoms with van der Waals surface area (Å²) in [6, 6.07) is 13.3. The first-order valence-electron chi connectivity index (χ1n) is 6.08. The first-order chi connectivity index (χ1) is 9.13. The maximum atomic E-state index is 12.0. The van der Waals surface area contributed by atoms with Crippen molar-refractivity contribution < 1.29 is 0 Å². The van der Waals surface area contributed by atoms with E-state index < -0.39 is 0 Å². The summed E-state index contributed by atoms with van der Waals surface area (Å²) in [5, 5.41) is 4.38. The van der Waals surface area contributed by atoms with Gasteiger partial charge in [-0.3, -0.25) is 0 Å². The van der Waals surface area contributed by atoms with E-state index in [0.29, 0.717) is 5.52 Å². The lowest BCUT2D eigenvalue weighted by atomic mass is 10.2. The molecule has 3 rings (SSSR count). The molecule has 2 aromatic carbocycles. The van der Waals surface area contributed by atoms with Crippen molar-refractivity contribution in [3.05, 3.63) is 64.1 Å². The van der Waals surface area contributed by atoms with Gasteiger partial charge in [-0.15, -0.1) is 0 Å². The molecule has 0 atom stereocenters. The first kappa shape index (κ1) is 11.6. The van der Waals surface area contributed by atoms with Crippen LogP contribution < -0.4 is 5.69 Å². The highest BCUT2D eigenvalue weighted by atomic mass is 16.1. The van der Waals surface area contributed by atoms with Crippen molar-refractivity contribution in [3.8, 4) is 5.69 Å². The van der Waals surface area contributed by atoms with Crippen molar-refractivity contribution in [1.82, 2.24) is 14.8 Å². The van der Waals surface area contributed by atoms with Gasteiger partial charge in [-0.2, -0.15) is 14.8 Å². The predicted octanol–water partition coefficient (Wildman–Crippen LogP) is 2.40. The quantitative estimate of drug-likeness (QED) is 0.667. The third-order valence-electron chi connectivity index (χ3n) is 3.01. The van der Waals surface area contributed by atoms with Crippen LogP contribution in [0, 0.1) is 13.8 Å². The number of fused-ring (bicyclic) bond motifs is 1. The van der Waals surface area contributed by atoms with Crippen LogP contribution in [0.3, 0.4) is 0 Å². The van der Waals surface area contributed by atoms with E-state index in [1.54, 1.807) is 0 Å². The van der Waals surface area contributed by atoms with Crippen molar-refractivity contribution >= 4 is 11.0 Å². The van der Waals surface area contributed by atoms with E-state index in [-0.39, 0.29) is 5.69 Å². The lowest BCUT2D eigenvalue weighted by Gasteiger charge is -2.05. The maximum absolute atomic E-state index is 12.0. The zero-order valence-corrected chi connectivity index (χ0v) is 10.8. The standard InChI is InChI=1S/C15H13N3O/c1-10-3-6-12(7-4-10)18-15(19)16-13-8-5-11(2)9-14(13)17-18/h3-9H,1-2H3. The Bertz CT molecular complexity index is 804. The molecule has 19 heavy (non-hydrogen) atoms. The number of hydrogen-bond donors (Lipinski definition) is 0. The fourth-order valence-corrected chi connectivity index (χ4v) is 1.96. The Labute approximate surface area is 110 Å². The summed E-state index contributed by atoms with van der Waals surface area (Å²) in [5.74, 6) is 0. The molecule has 0 radical (unpaired) electrons. The molecule has 0 N–H and O–H groups in total. The molecule has 1 aromatic heterocycles. The maximum Gasteiger partial charge on any atom is 0.369 e. The minimum Gasteiger partial charge on any atom is -0.244 e. The molecule has 4 heteroatoms. The number of aromatic nitrogens is 3. The normalized spacial score (nSPS) is 10.8. The van der Waals surface area contributed by atoms with Gasteiger partial charge in [-0.25, -0.2) is 4.79 Å². The zero-order valence-electron chi connectivity index (χ0n) is 10.8. The van der Waals surface area contributed by atoms with Crippen molar-refractivity contribution in [1.29, 1.82) is 0 Å². The first-order valence-corrected chi connectivity index (χ1v) is 6.08. The molecule has 0 unspecified atom stereocenters. The summed E-state index contributed by atoms with van der Waals surface area (Å²) in [4.78, 5) is 16.1. The topological polar surface area (TPSA) is 47.8 Å². The van der Waals surface area contributed by atoms with Crippen molar-refractivity contribution in [2.75, 3.05) is 0 Å². The zero-order chi connectivity index (χ0) is 13.4. The summed E-state index contributed by atoms with van der Waals surface area (Å²) in [6.45, 7) is 3.99. The second kappa shape index (κ2) is 4.31. The fourth-order valence-electron chi connectivity index (χ4n) is 1.96. The monoisotopic (exact) mass is 251 g/mol. The molecule has 3 aromatic rings. The SMILES string of the molecule is Cc1ccc(-n2nc3cc(C)ccc3nc2=O)cc1. The van der Waals surface area contributed by atoms with Gasteiger partial charge in [0.15, 0.2) is 0 Å². The summed E-state index contributed by atoms with van der Waals surface area (Å²) in [6.07, 6.45) is 0. The third-order valence-corrected chi connectivity index (χ3v) is 3.01. The highest BCUT2D eigenvalue weighted by Crippen LogP contribution is 2.11. The lowest BCUT2D eigenvalue weighted by molar-refractivity contribution is 0.792. The van der Waals surface area contributed by atoms with E-state index in [1.807, 2.05) is 56.3 Å². The van der Waals surface area contributed by atoms with Crippen molar-refractivity contribution in [3.63, 3.8) is 0 Å². The van der Waals surface area contributed by atoms with Crippen LogP contribution in [-0.2, 0) is 0 Å². The summed E-state index contributed by atoms with van der Waals surface area (Å²) < 4.78 is 1.33.